The molecule has 2 aliphatic heterocycles. The summed E-state index contributed by atoms with van der Waals surface area (Å²) in [6.07, 6.45) is 3.68. The van der Waals surface area contributed by atoms with Crippen molar-refractivity contribution in [3.63, 3.8) is 0 Å². The van der Waals surface area contributed by atoms with Gasteiger partial charge in [-0.1, -0.05) is 19.1 Å². The van der Waals surface area contributed by atoms with Crippen LogP contribution in [0.15, 0.2) is 76.5 Å². The molecule has 1 atom stereocenters. The number of amidine groups is 1. The number of hydrogen-bond acceptors (Lipinski definition) is 7. The monoisotopic (exact) mass is 516 g/mol. The van der Waals surface area contributed by atoms with Gasteiger partial charge in [0.1, 0.15) is 5.84 Å². The molecule has 0 saturated carbocycles. The van der Waals surface area contributed by atoms with Gasteiger partial charge in [-0.15, -0.1) is 0 Å². The number of pyridine rings is 1. The van der Waals surface area contributed by atoms with Crippen molar-refractivity contribution in [3.8, 4) is 0 Å². The summed E-state index contributed by atoms with van der Waals surface area (Å²) in [6, 6.07) is 8.43. The van der Waals surface area contributed by atoms with Crippen molar-refractivity contribution in [3.05, 3.63) is 77.7 Å². The van der Waals surface area contributed by atoms with E-state index < -0.39 is 17.6 Å². The molecule has 2 aliphatic rings. The predicted octanol–water partition coefficient (Wildman–Crippen LogP) is 5.77. The van der Waals surface area contributed by atoms with E-state index in [1.807, 2.05) is 6.08 Å². The smallest absolute Gasteiger partial charge is 0.377 e. The molecule has 3 heterocycles. The first-order chi connectivity index (χ1) is 17.8. The molecule has 1 aromatic heterocycles. The fourth-order valence-corrected chi connectivity index (χ4v) is 4.03. The van der Waals surface area contributed by atoms with Crippen molar-refractivity contribution in [1.82, 2.24) is 15.3 Å². The van der Waals surface area contributed by atoms with Crippen LogP contribution >= 0.6 is 0 Å². The number of nitrogens with zero attached hydrogens (tertiary/aromatic N) is 4. The minimum absolute atomic E-state index is 0.142. The number of nitrogens with one attached hydrogen (secondary N) is 2. The highest BCUT2D eigenvalue weighted by molar-refractivity contribution is 5.85. The van der Waals surface area contributed by atoms with E-state index in [1.165, 1.54) is 24.7 Å². The van der Waals surface area contributed by atoms with Crippen LogP contribution in [0.5, 0.6) is 0 Å². The lowest BCUT2D eigenvalue weighted by Gasteiger charge is -2.38. The third kappa shape index (κ3) is 7.16. The van der Waals surface area contributed by atoms with Gasteiger partial charge in [0.05, 0.1) is 60.5 Å². The third-order valence-corrected chi connectivity index (χ3v) is 5.96. The molecular weight excluding hydrogens is 488 g/mol. The van der Waals surface area contributed by atoms with E-state index in [4.69, 9.17) is 4.74 Å². The van der Waals surface area contributed by atoms with Crippen LogP contribution in [0.1, 0.15) is 37.4 Å². The van der Waals surface area contributed by atoms with Gasteiger partial charge in [-0.3, -0.25) is 10.4 Å². The number of morpholine rings is 1. The number of alkyl halides is 3. The van der Waals surface area contributed by atoms with Crippen LogP contribution in [0, 0.1) is 0 Å². The maximum Gasteiger partial charge on any atom is 0.416 e. The van der Waals surface area contributed by atoms with Gasteiger partial charge in [-0.25, -0.2) is 9.38 Å². The average molecular weight is 517 g/mol. The van der Waals surface area contributed by atoms with Crippen LogP contribution in [0.4, 0.5) is 28.9 Å². The number of aromatic nitrogens is 1. The summed E-state index contributed by atoms with van der Waals surface area (Å²) < 4.78 is 59.1. The molecule has 1 aromatic carbocycles. The third-order valence-electron chi connectivity index (χ3n) is 5.96. The molecule has 0 amide bonds. The van der Waals surface area contributed by atoms with E-state index >= 15 is 0 Å². The fraction of sp³-hybridized carbons (Fsp3) is 0.346. The van der Waals surface area contributed by atoms with Crippen molar-refractivity contribution in [1.29, 1.82) is 0 Å². The Morgan fingerprint density at radius 1 is 1.22 bits per heavy atom. The van der Waals surface area contributed by atoms with Crippen LogP contribution in [-0.4, -0.2) is 47.7 Å². The standard InChI is InChI=1S/C26H28F4N6O/c1-2-22-17-37-12-11-36(22)24-7-4-8-25(32-16-23(24)27)35-33-15-20-9-10-21(14-31-20)34-19-6-3-5-18(13-19)26(28,29)30/h3,5-7,9-10,13-16,22,34H,2,4,8,11-12,17H2,1H3,(H,32,35)/b23-16+,24-7+,33-15+. The molecule has 1 fully saturated rings. The lowest BCUT2D eigenvalue weighted by atomic mass is 10.1. The lowest BCUT2D eigenvalue weighted by molar-refractivity contribution is -0.137. The Kier molecular flexibility index (Phi) is 8.54. The molecule has 0 bridgehead atoms. The summed E-state index contributed by atoms with van der Waals surface area (Å²) in [4.78, 5) is 10.5. The van der Waals surface area contributed by atoms with Crippen LogP contribution in [-0.2, 0) is 10.9 Å². The van der Waals surface area contributed by atoms with Gasteiger partial charge >= 0.3 is 6.18 Å². The first kappa shape index (κ1) is 26.3. The maximum absolute atomic E-state index is 14.9. The van der Waals surface area contributed by atoms with Gasteiger partial charge < -0.3 is 15.0 Å². The number of allylic oxidation sites excluding steroid dienone is 2. The van der Waals surface area contributed by atoms with Crippen LogP contribution in [0.25, 0.3) is 0 Å². The largest absolute Gasteiger partial charge is 0.416 e. The van der Waals surface area contributed by atoms with Gasteiger partial charge in [0.25, 0.3) is 0 Å². The normalized spacial score (nSPS) is 21.8. The fourth-order valence-electron chi connectivity index (χ4n) is 4.03. The number of aliphatic imine (C=N–C) groups is 1. The molecule has 1 saturated heterocycles. The van der Waals surface area contributed by atoms with E-state index in [0.29, 0.717) is 61.2 Å². The Morgan fingerprint density at radius 2 is 2.08 bits per heavy atom. The lowest BCUT2D eigenvalue weighted by Crippen LogP contribution is -2.44. The van der Waals surface area contributed by atoms with Crippen molar-refractivity contribution >= 4 is 23.4 Å². The Hall–Kier alpha value is -3.73. The first-order valence-electron chi connectivity index (χ1n) is 12.0. The number of rotatable bonds is 6. The Balaban J connectivity index is 1.34. The van der Waals surface area contributed by atoms with Crippen molar-refractivity contribution in [2.75, 3.05) is 25.1 Å². The van der Waals surface area contributed by atoms with E-state index in [0.717, 1.165) is 18.6 Å². The number of hydrogen-bond donors (Lipinski definition) is 2. The van der Waals surface area contributed by atoms with Crippen molar-refractivity contribution in [2.45, 2.75) is 38.4 Å². The Morgan fingerprint density at radius 3 is 2.84 bits per heavy atom. The SMILES string of the molecule is CCC1COCCN1C1=C/CCC(N/N=C/c2ccc(Nc3cccc(C(F)(F)F)c3)cn2)=N/C=C\1F. The molecule has 0 aliphatic carbocycles. The molecule has 1 unspecified atom stereocenters. The Bertz CT molecular complexity index is 1190. The highest BCUT2D eigenvalue weighted by Crippen LogP contribution is 2.31. The summed E-state index contributed by atoms with van der Waals surface area (Å²) in [5, 5.41) is 7.04. The Labute approximate surface area is 212 Å². The van der Waals surface area contributed by atoms with Crippen LogP contribution in [0.2, 0.25) is 0 Å². The second-order valence-corrected chi connectivity index (χ2v) is 8.56. The average Bonchev–Trinajstić information content (AvgIpc) is 2.88. The second-order valence-electron chi connectivity index (χ2n) is 8.56. The summed E-state index contributed by atoms with van der Waals surface area (Å²) in [6.45, 7) is 3.86. The molecule has 37 heavy (non-hydrogen) atoms. The van der Waals surface area contributed by atoms with Gasteiger partial charge in [-0.2, -0.15) is 18.3 Å². The molecule has 4 rings (SSSR count). The molecule has 2 aromatic rings. The number of anilines is 2. The highest BCUT2D eigenvalue weighted by Gasteiger charge is 2.30. The number of hydrazone groups is 1. The summed E-state index contributed by atoms with van der Waals surface area (Å²) in [5.41, 5.74) is 4.02. The quantitative estimate of drug-likeness (QED) is 0.290. The van der Waals surface area contributed by atoms with Crippen molar-refractivity contribution < 1.29 is 22.3 Å². The molecule has 11 heteroatoms. The highest BCUT2D eigenvalue weighted by atomic mass is 19.4. The van der Waals surface area contributed by atoms with Crippen LogP contribution in [0.3, 0.4) is 0 Å². The first-order valence-corrected chi connectivity index (χ1v) is 12.0. The maximum atomic E-state index is 14.9. The molecular formula is C26H28F4N6O. The zero-order valence-electron chi connectivity index (χ0n) is 20.3. The molecule has 196 valence electrons. The molecule has 0 spiro atoms. The molecule has 2 N–H and O–H groups in total. The minimum Gasteiger partial charge on any atom is -0.377 e. The molecule has 0 radical (unpaired) electrons. The van der Waals surface area contributed by atoms with Gasteiger partial charge in [0, 0.05) is 18.7 Å². The van der Waals surface area contributed by atoms with E-state index in [9.17, 15) is 17.6 Å². The second kappa shape index (κ2) is 12.0. The van der Waals surface area contributed by atoms with E-state index in [1.54, 1.807) is 18.2 Å². The summed E-state index contributed by atoms with van der Waals surface area (Å²) >= 11 is 0. The topological polar surface area (TPSA) is 74.1 Å². The molecule has 7 nitrogen and oxygen atoms in total. The van der Waals surface area contributed by atoms with Gasteiger partial charge in [-0.05, 0) is 43.2 Å². The number of benzene rings is 1. The zero-order chi connectivity index (χ0) is 26.3. The predicted molar refractivity (Wildman–Crippen MR) is 135 cm³/mol. The van der Waals surface area contributed by atoms with E-state index in [-0.39, 0.29) is 6.04 Å². The minimum atomic E-state index is -4.41. The van der Waals surface area contributed by atoms with Crippen LogP contribution < -0.4 is 10.7 Å². The number of halogens is 4. The summed E-state index contributed by atoms with van der Waals surface area (Å²) in [5.74, 6) is 0.118. The zero-order valence-corrected chi connectivity index (χ0v) is 20.3. The van der Waals surface area contributed by atoms with Gasteiger partial charge in [0.2, 0.25) is 0 Å². The van der Waals surface area contributed by atoms with Gasteiger partial charge in [0.15, 0.2) is 5.83 Å². The van der Waals surface area contributed by atoms with E-state index in [2.05, 4.69) is 37.6 Å². The summed E-state index contributed by atoms with van der Waals surface area (Å²) in [7, 11) is 0. The number of ether oxygens (including phenoxy) is 1. The van der Waals surface area contributed by atoms with Crippen molar-refractivity contribution in [2.24, 2.45) is 10.1 Å².